The zero-order valence-electron chi connectivity index (χ0n) is 16.4. The number of carbonyl (C=O) groups excluding carboxylic acids is 1. The Balaban J connectivity index is 1.53. The first-order chi connectivity index (χ1) is 13.3. The number of aryl methyl sites for hydroxylation is 1. The summed E-state index contributed by atoms with van der Waals surface area (Å²) in [5.74, 6) is 0.0815. The number of rotatable bonds is 5. The van der Waals surface area contributed by atoms with Crippen LogP contribution in [0.4, 0.5) is 15.9 Å². The van der Waals surface area contributed by atoms with Crippen molar-refractivity contribution in [3.63, 3.8) is 0 Å². The summed E-state index contributed by atoms with van der Waals surface area (Å²) >= 11 is 5.84. The third-order valence-corrected chi connectivity index (χ3v) is 5.31. The summed E-state index contributed by atoms with van der Waals surface area (Å²) in [6, 6.07) is 6.35. The molecule has 0 aliphatic heterocycles. The smallest absolute Gasteiger partial charge is 0.251 e. The number of halogens is 2. The third-order valence-electron chi connectivity index (χ3n) is 5.10. The summed E-state index contributed by atoms with van der Waals surface area (Å²) in [6.07, 6.45) is 5.47. The molecule has 2 aromatic rings. The van der Waals surface area contributed by atoms with Crippen LogP contribution in [0.1, 0.15) is 41.6 Å². The molecule has 2 N–H and O–H groups in total. The van der Waals surface area contributed by atoms with Crippen LogP contribution in [-0.4, -0.2) is 37.1 Å². The normalized spacial score (nSPS) is 19.2. The van der Waals surface area contributed by atoms with Crippen molar-refractivity contribution in [3.05, 3.63) is 52.4 Å². The molecule has 0 radical (unpaired) electrons. The van der Waals surface area contributed by atoms with E-state index in [9.17, 15) is 9.18 Å². The topological polar surface area (TPSA) is 57.3 Å². The van der Waals surface area contributed by atoms with Crippen molar-refractivity contribution < 1.29 is 9.18 Å². The lowest BCUT2D eigenvalue weighted by atomic mass is 9.91. The maximum Gasteiger partial charge on any atom is 0.251 e. The van der Waals surface area contributed by atoms with Crippen LogP contribution in [0, 0.1) is 12.7 Å². The SMILES string of the molecule is Cc1cnc(N[C@H]2CC[C@@H](NC(=O)c3cc(F)cc(Cl)c3)CC2)cc1N(C)C. The van der Waals surface area contributed by atoms with Gasteiger partial charge in [0.15, 0.2) is 0 Å². The minimum atomic E-state index is -0.506. The van der Waals surface area contributed by atoms with Gasteiger partial charge in [-0.1, -0.05) is 11.6 Å². The first-order valence-electron chi connectivity index (χ1n) is 9.49. The Morgan fingerprint density at radius 1 is 1.14 bits per heavy atom. The molecule has 0 saturated heterocycles. The fourth-order valence-corrected chi connectivity index (χ4v) is 3.84. The lowest BCUT2D eigenvalue weighted by molar-refractivity contribution is 0.0926. The second-order valence-electron chi connectivity index (χ2n) is 7.57. The number of pyridine rings is 1. The van der Waals surface area contributed by atoms with Crippen molar-refractivity contribution in [1.29, 1.82) is 0 Å². The molecule has 0 atom stereocenters. The number of nitrogens with one attached hydrogen (secondary N) is 2. The molecule has 3 rings (SSSR count). The second-order valence-corrected chi connectivity index (χ2v) is 8.01. The molecule has 0 spiro atoms. The van der Waals surface area contributed by atoms with E-state index < -0.39 is 5.82 Å². The molecule has 5 nitrogen and oxygen atoms in total. The molecule has 1 saturated carbocycles. The van der Waals surface area contributed by atoms with Crippen LogP contribution >= 0.6 is 11.6 Å². The van der Waals surface area contributed by atoms with Gasteiger partial charge in [0.2, 0.25) is 0 Å². The maximum atomic E-state index is 13.4. The fraction of sp³-hybridized carbons (Fsp3) is 0.429. The fourth-order valence-electron chi connectivity index (χ4n) is 3.62. The molecule has 1 aromatic carbocycles. The Hall–Kier alpha value is -2.34. The van der Waals surface area contributed by atoms with Gasteiger partial charge in [0, 0.05) is 54.7 Å². The molecular formula is C21H26ClFN4O. The van der Waals surface area contributed by atoms with E-state index in [0.29, 0.717) is 6.04 Å². The largest absolute Gasteiger partial charge is 0.377 e. The molecule has 28 heavy (non-hydrogen) atoms. The monoisotopic (exact) mass is 404 g/mol. The van der Waals surface area contributed by atoms with Crippen LogP contribution < -0.4 is 15.5 Å². The number of anilines is 2. The molecule has 1 amide bonds. The van der Waals surface area contributed by atoms with Gasteiger partial charge in [0.05, 0.1) is 0 Å². The van der Waals surface area contributed by atoms with Gasteiger partial charge in [-0.05, 0) is 56.4 Å². The first-order valence-corrected chi connectivity index (χ1v) is 9.87. The van der Waals surface area contributed by atoms with E-state index >= 15 is 0 Å². The second kappa shape index (κ2) is 8.78. The minimum absolute atomic E-state index is 0.0795. The highest BCUT2D eigenvalue weighted by Gasteiger charge is 2.23. The van der Waals surface area contributed by atoms with Gasteiger partial charge in [0.1, 0.15) is 11.6 Å². The molecule has 0 bridgehead atoms. The molecular weight excluding hydrogens is 379 g/mol. The Morgan fingerprint density at radius 3 is 2.46 bits per heavy atom. The summed E-state index contributed by atoms with van der Waals surface area (Å²) in [4.78, 5) is 18.9. The highest BCUT2D eigenvalue weighted by atomic mass is 35.5. The number of aromatic nitrogens is 1. The summed E-state index contributed by atoms with van der Waals surface area (Å²) in [7, 11) is 4.04. The van der Waals surface area contributed by atoms with Crippen molar-refractivity contribution in [2.24, 2.45) is 0 Å². The molecule has 7 heteroatoms. The van der Waals surface area contributed by atoms with Gasteiger partial charge in [0.25, 0.3) is 5.91 Å². The van der Waals surface area contributed by atoms with Crippen LogP contribution in [0.15, 0.2) is 30.5 Å². The molecule has 1 heterocycles. The predicted octanol–water partition coefficient (Wildman–Crippen LogP) is 4.40. The van der Waals surface area contributed by atoms with Crippen LogP contribution in [0.2, 0.25) is 5.02 Å². The summed E-state index contributed by atoms with van der Waals surface area (Å²) in [6.45, 7) is 2.05. The van der Waals surface area contributed by atoms with Crippen LogP contribution in [0.3, 0.4) is 0 Å². The number of hydrogen-bond donors (Lipinski definition) is 2. The number of amides is 1. The van der Waals surface area contributed by atoms with Gasteiger partial charge in [-0.25, -0.2) is 9.37 Å². The van der Waals surface area contributed by atoms with Gasteiger partial charge in [-0.2, -0.15) is 0 Å². The van der Waals surface area contributed by atoms with E-state index in [-0.39, 0.29) is 22.5 Å². The highest BCUT2D eigenvalue weighted by Crippen LogP contribution is 2.25. The van der Waals surface area contributed by atoms with E-state index in [1.54, 1.807) is 0 Å². The van der Waals surface area contributed by atoms with Crippen LogP contribution in [0.25, 0.3) is 0 Å². The van der Waals surface area contributed by atoms with E-state index in [1.807, 2.05) is 27.2 Å². The van der Waals surface area contributed by atoms with Gasteiger partial charge >= 0.3 is 0 Å². The summed E-state index contributed by atoms with van der Waals surface area (Å²) in [5, 5.41) is 6.72. The average Bonchev–Trinajstić information content (AvgIpc) is 2.64. The lowest BCUT2D eigenvalue weighted by Gasteiger charge is -2.30. The van der Waals surface area contributed by atoms with Crippen molar-refractivity contribution >= 4 is 29.0 Å². The highest BCUT2D eigenvalue weighted by molar-refractivity contribution is 6.31. The van der Waals surface area contributed by atoms with Crippen LogP contribution in [-0.2, 0) is 0 Å². The van der Waals surface area contributed by atoms with Gasteiger partial charge < -0.3 is 15.5 Å². The molecule has 1 aliphatic rings. The molecule has 1 fully saturated rings. The van der Waals surface area contributed by atoms with Gasteiger partial charge in [-0.3, -0.25) is 4.79 Å². The average molecular weight is 405 g/mol. The Morgan fingerprint density at radius 2 is 1.82 bits per heavy atom. The summed E-state index contributed by atoms with van der Waals surface area (Å²) < 4.78 is 13.4. The van der Waals surface area contributed by atoms with Crippen molar-refractivity contribution in [2.75, 3.05) is 24.3 Å². The molecule has 0 unspecified atom stereocenters. The molecule has 1 aliphatic carbocycles. The summed E-state index contributed by atoms with van der Waals surface area (Å²) in [5.41, 5.74) is 2.54. The van der Waals surface area contributed by atoms with Crippen molar-refractivity contribution in [3.8, 4) is 0 Å². The van der Waals surface area contributed by atoms with E-state index in [2.05, 4.69) is 26.6 Å². The Labute approximate surface area is 170 Å². The van der Waals surface area contributed by atoms with Crippen molar-refractivity contribution in [2.45, 2.75) is 44.7 Å². The number of carbonyl (C=O) groups is 1. The quantitative estimate of drug-likeness (QED) is 0.775. The van der Waals surface area contributed by atoms with E-state index in [4.69, 9.17) is 11.6 Å². The zero-order chi connectivity index (χ0) is 20.3. The maximum absolute atomic E-state index is 13.4. The number of nitrogens with zero attached hydrogens (tertiary/aromatic N) is 2. The van der Waals surface area contributed by atoms with E-state index in [0.717, 1.165) is 42.8 Å². The lowest BCUT2D eigenvalue weighted by Crippen LogP contribution is -2.40. The number of benzene rings is 1. The minimum Gasteiger partial charge on any atom is -0.377 e. The Bertz CT molecular complexity index is 830. The van der Waals surface area contributed by atoms with Gasteiger partial charge in [-0.15, -0.1) is 0 Å². The third kappa shape index (κ3) is 5.13. The molecule has 1 aromatic heterocycles. The molecule has 150 valence electrons. The van der Waals surface area contributed by atoms with Crippen LogP contribution in [0.5, 0.6) is 0 Å². The number of hydrogen-bond acceptors (Lipinski definition) is 4. The van der Waals surface area contributed by atoms with E-state index in [1.165, 1.54) is 18.2 Å². The standard InChI is InChI=1S/C21H26ClFN4O/c1-13-12-24-20(11-19(13)27(2)3)25-17-4-6-18(7-5-17)26-21(28)14-8-15(22)10-16(23)9-14/h8-12,17-18H,4-7H2,1-3H3,(H,24,25)(H,26,28)/t17-,18+. The predicted molar refractivity (Wildman–Crippen MR) is 112 cm³/mol. The van der Waals surface area contributed by atoms with Crippen molar-refractivity contribution in [1.82, 2.24) is 10.3 Å². The zero-order valence-corrected chi connectivity index (χ0v) is 17.2. The first kappa shape index (κ1) is 20.4. The Kier molecular flexibility index (Phi) is 6.39.